The molecule has 206 valence electrons. The summed E-state index contributed by atoms with van der Waals surface area (Å²) in [6.07, 6.45) is 0. The minimum atomic E-state index is 0.899. The van der Waals surface area contributed by atoms with Crippen LogP contribution in [0.15, 0.2) is 144 Å². The fourth-order valence-electron chi connectivity index (χ4n) is 7.48. The maximum Gasteiger partial charge on any atom is 0.137 e. The van der Waals surface area contributed by atoms with E-state index >= 15 is 0 Å². The topological polar surface area (TPSA) is 23.0 Å². The van der Waals surface area contributed by atoms with Gasteiger partial charge >= 0.3 is 0 Å². The second-order valence-electron chi connectivity index (χ2n) is 11.8. The van der Waals surface area contributed by atoms with Gasteiger partial charge in [0.25, 0.3) is 0 Å². The van der Waals surface area contributed by atoms with Gasteiger partial charge in [-0.1, -0.05) is 96.6 Å². The highest BCUT2D eigenvalue weighted by molar-refractivity contribution is 6.37. The summed E-state index contributed by atoms with van der Waals surface area (Å²) in [5.74, 6) is 0. The first kappa shape index (κ1) is 23.7. The average molecular weight is 563 g/mol. The van der Waals surface area contributed by atoms with E-state index in [0.717, 1.165) is 27.6 Å². The summed E-state index contributed by atoms with van der Waals surface area (Å²) in [7, 11) is 0. The number of furan rings is 1. The molecule has 10 aromatic rings. The lowest BCUT2D eigenvalue weighted by molar-refractivity contribution is 0.668. The minimum Gasteiger partial charge on any atom is -0.456 e. The normalized spacial score (nSPS) is 12.2. The Morgan fingerprint density at radius 2 is 0.886 bits per heavy atom. The first-order valence-corrected chi connectivity index (χ1v) is 15.1. The van der Waals surface area contributed by atoms with Gasteiger partial charge in [0.2, 0.25) is 0 Å². The zero-order valence-corrected chi connectivity index (χ0v) is 24.1. The largest absolute Gasteiger partial charge is 0.456 e. The van der Waals surface area contributed by atoms with Crippen LogP contribution < -0.4 is 0 Å². The van der Waals surface area contributed by atoms with Gasteiger partial charge in [-0.3, -0.25) is 0 Å². The molecule has 3 nitrogen and oxygen atoms in total. The van der Waals surface area contributed by atoms with Crippen molar-refractivity contribution < 1.29 is 4.42 Å². The van der Waals surface area contributed by atoms with Crippen molar-refractivity contribution in [3.8, 4) is 11.4 Å². The van der Waals surface area contributed by atoms with Crippen molar-refractivity contribution in [1.82, 2.24) is 9.13 Å². The van der Waals surface area contributed by atoms with E-state index < -0.39 is 0 Å². The van der Waals surface area contributed by atoms with Crippen LogP contribution in [0.3, 0.4) is 0 Å². The Morgan fingerprint density at radius 1 is 0.409 bits per heavy atom. The first-order chi connectivity index (χ1) is 21.8. The van der Waals surface area contributed by atoms with Crippen molar-refractivity contribution in [2.24, 2.45) is 0 Å². The van der Waals surface area contributed by atoms with E-state index in [1.807, 2.05) is 12.1 Å². The molecule has 0 aliphatic heterocycles. The molecule has 44 heavy (non-hydrogen) atoms. The molecule has 0 saturated heterocycles. The van der Waals surface area contributed by atoms with Gasteiger partial charge in [0.1, 0.15) is 11.2 Å². The Kier molecular flexibility index (Phi) is 4.65. The molecule has 10 rings (SSSR count). The first-order valence-electron chi connectivity index (χ1n) is 15.1. The van der Waals surface area contributed by atoms with Crippen molar-refractivity contribution in [3.63, 3.8) is 0 Å². The lowest BCUT2D eigenvalue weighted by Gasteiger charge is -2.13. The van der Waals surface area contributed by atoms with E-state index in [2.05, 4.69) is 143 Å². The third kappa shape index (κ3) is 3.05. The van der Waals surface area contributed by atoms with Crippen LogP contribution >= 0.6 is 0 Å². The maximum absolute atomic E-state index is 6.37. The van der Waals surface area contributed by atoms with E-state index in [9.17, 15) is 0 Å². The Bertz CT molecular complexity index is 2770. The molecule has 7 aromatic carbocycles. The number of hydrogen-bond donors (Lipinski definition) is 0. The van der Waals surface area contributed by atoms with Crippen LogP contribution in [-0.4, -0.2) is 9.13 Å². The number of rotatable bonds is 2. The second-order valence-corrected chi connectivity index (χ2v) is 11.8. The zero-order chi connectivity index (χ0) is 28.9. The van der Waals surface area contributed by atoms with E-state index in [1.54, 1.807) is 0 Å². The lowest BCUT2D eigenvalue weighted by atomic mass is 9.99. The molecule has 3 heteroatoms. The summed E-state index contributed by atoms with van der Waals surface area (Å²) in [6, 6.07) is 50.4. The van der Waals surface area contributed by atoms with Crippen molar-refractivity contribution in [2.45, 2.75) is 6.92 Å². The molecule has 0 amide bonds. The molecular weight excluding hydrogens is 536 g/mol. The quantitative estimate of drug-likeness (QED) is 0.205. The van der Waals surface area contributed by atoms with E-state index in [0.29, 0.717) is 0 Å². The minimum absolute atomic E-state index is 0.899. The Balaban J connectivity index is 1.44. The number of hydrogen-bond acceptors (Lipinski definition) is 1. The number of nitrogens with zero attached hydrogens (tertiary/aromatic N) is 2. The van der Waals surface area contributed by atoms with Gasteiger partial charge in [0.05, 0.1) is 22.1 Å². The van der Waals surface area contributed by atoms with Crippen LogP contribution in [0.25, 0.3) is 87.7 Å². The highest BCUT2D eigenvalue weighted by atomic mass is 16.3. The van der Waals surface area contributed by atoms with Crippen LogP contribution in [0, 0.1) is 6.92 Å². The van der Waals surface area contributed by atoms with Gasteiger partial charge in [0, 0.05) is 60.5 Å². The van der Waals surface area contributed by atoms with Gasteiger partial charge < -0.3 is 13.6 Å². The van der Waals surface area contributed by atoms with E-state index in [-0.39, 0.29) is 0 Å². The van der Waals surface area contributed by atoms with Crippen molar-refractivity contribution in [3.05, 3.63) is 145 Å². The molecule has 0 aliphatic carbocycles. The molecule has 0 atom stereocenters. The van der Waals surface area contributed by atoms with Crippen LogP contribution in [0.5, 0.6) is 0 Å². The smallest absolute Gasteiger partial charge is 0.137 e. The van der Waals surface area contributed by atoms with Crippen molar-refractivity contribution in [1.29, 1.82) is 0 Å². The van der Waals surface area contributed by atoms with Gasteiger partial charge in [-0.25, -0.2) is 0 Å². The number of aromatic nitrogens is 2. The fourth-order valence-corrected chi connectivity index (χ4v) is 7.48. The van der Waals surface area contributed by atoms with Gasteiger partial charge in [-0.2, -0.15) is 0 Å². The molecule has 3 heterocycles. The molecule has 0 saturated carbocycles. The third-order valence-electron chi connectivity index (χ3n) is 9.35. The highest BCUT2D eigenvalue weighted by Crippen LogP contribution is 2.47. The highest BCUT2D eigenvalue weighted by Gasteiger charge is 2.24. The summed E-state index contributed by atoms with van der Waals surface area (Å²) in [4.78, 5) is 0. The number of aryl methyl sites for hydroxylation is 1. The molecular formula is C41H26N2O. The van der Waals surface area contributed by atoms with E-state index in [4.69, 9.17) is 4.42 Å². The molecule has 0 N–H and O–H groups in total. The Morgan fingerprint density at radius 3 is 1.52 bits per heavy atom. The van der Waals surface area contributed by atoms with Crippen molar-refractivity contribution >= 4 is 76.3 Å². The Labute approximate surface area is 252 Å². The molecule has 0 fully saturated rings. The zero-order valence-electron chi connectivity index (χ0n) is 24.1. The molecule has 0 radical (unpaired) electrons. The van der Waals surface area contributed by atoms with Crippen LogP contribution in [0.1, 0.15) is 5.56 Å². The molecule has 0 unspecified atom stereocenters. The molecule has 0 spiro atoms. The standard InChI is InChI=1S/C41H26N2O/c1-25-18-20-26(21-19-25)42-34-15-7-4-13-32(34)38-39-33-14-5-8-16-35(33)43(41(39)31-12-3-2-11-30(31)40(38)42)27-22-23-29-28-10-6-9-17-36(28)44-37(29)24-27/h2-24H,1H3. The van der Waals surface area contributed by atoms with Crippen LogP contribution in [0.2, 0.25) is 0 Å². The van der Waals surface area contributed by atoms with Gasteiger partial charge in [-0.05, 0) is 49.4 Å². The third-order valence-corrected chi connectivity index (χ3v) is 9.35. The van der Waals surface area contributed by atoms with Crippen LogP contribution in [-0.2, 0) is 0 Å². The fraction of sp³-hybridized carbons (Fsp3) is 0.0244. The summed E-state index contributed by atoms with van der Waals surface area (Å²) in [5.41, 5.74) is 10.2. The summed E-state index contributed by atoms with van der Waals surface area (Å²) in [6.45, 7) is 2.14. The summed E-state index contributed by atoms with van der Waals surface area (Å²) < 4.78 is 11.3. The Hall–Kier alpha value is -5.80. The van der Waals surface area contributed by atoms with Gasteiger partial charge in [0.15, 0.2) is 0 Å². The predicted molar refractivity (Wildman–Crippen MR) is 185 cm³/mol. The summed E-state index contributed by atoms with van der Waals surface area (Å²) >= 11 is 0. The molecule has 0 bridgehead atoms. The predicted octanol–water partition coefficient (Wildman–Crippen LogP) is 11.2. The van der Waals surface area contributed by atoms with Crippen LogP contribution in [0.4, 0.5) is 0 Å². The van der Waals surface area contributed by atoms with Crippen molar-refractivity contribution in [2.75, 3.05) is 0 Å². The SMILES string of the molecule is Cc1ccc(-n2c3ccccc3c3c4c5ccccc5n(-c5ccc6c(c5)oc5ccccc56)c4c4ccccc4c32)cc1. The maximum atomic E-state index is 6.37. The number of fused-ring (bicyclic) bond motifs is 13. The molecule has 3 aromatic heterocycles. The number of para-hydroxylation sites is 3. The monoisotopic (exact) mass is 562 g/mol. The average Bonchev–Trinajstić information content (AvgIpc) is 3.73. The number of benzene rings is 7. The molecule has 0 aliphatic rings. The van der Waals surface area contributed by atoms with E-state index in [1.165, 1.54) is 65.6 Å². The van der Waals surface area contributed by atoms with Gasteiger partial charge in [-0.15, -0.1) is 0 Å². The second kappa shape index (κ2) is 8.62. The summed E-state index contributed by atoms with van der Waals surface area (Å²) in [5, 5.41) is 9.82. The lowest BCUT2D eigenvalue weighted by Crippen LogP contribution is -1.96.